The molecule has 1 aromatic rings. The fourth-order valence-electron chi connectivity index (χ4n) is 3.12. The van der Waals surface area contributed by atoms with Gasteiger partial charge in [-0.3, -0.25) is 0 Å². The summed E-state index contributed by atoms with van der Waals surface area (Å²) in [4.78, 5) is 0. The molecule has 0 aliphatic heterocycles. The number of halogens is 1. The smallest absolute Gasteiger partial charge is 0.0468 e. The highest BCUT2D eigenvalue weighted by molar-refractivity contribution is 6.30. The molecule has 1 aliphatic rings. The Hall–Kier alpha value is -0.530. The normalized spacial score (nSPS) is 22.9. The van der Waals surface area contributed by atoms with Crippen LogP contribution in [0, 0.1) is 5.92 Å². The van der Waals surface area contributed by atoms with Gasteiger partial charge in [0.2, 0.25) is 0 Å². The molecule has 0 unspecified atom stereocenters. The van der Waals surface area contributed by atoms with Crippen molar-refractivity contribution in [1.29, 1.82) is 0 Å². The largest absolute Gasteiger partial charge is 0.381 e. The Bertz CT molecular complexity index is 366. The van der Waals surface area contributed by atoms with Crippen LogP contribution in [-0.2, 0) is 4.74 Å². The Morgan fingerprint density at radius 3 is 2.40 bits per heavy atom. The Morgan fingerprint density at radius 1 is 1.05 bits per heavy atom. The van der Waals surface area contributed by atoms with Crippen LogP contribution in [0.4, 0.5) is 0 Å². The second-order valence-corrected chi connectivity index (χ2v) is 6.46. The molecule has 20 heavy (non-hydrogen) atoms. The highest BCUT2D eigenvalue weighted by Gasteiger charge is 2.22. The zero-order valence-electron chi connectivity index (χ0n) is 12.6. The fourth-order valence-corrected chi connectivity index (χ4v) is 3.24. The van der Waals surface area contributed by atoms with E-state index in [2.05, 4.69) is 19.1 Å². The van der Waals surface area contributed by atoms with Gasteiger partial charge in [0, 0.05) is 18.2 Å². The molecule has 0 saturated heterocycles. The number of rotatable bonds is 7. The fraction of sp³-hybridized carbons (Fsp3) is 0.667. The van der Waals surface area contributed by atoms with Gasteiger partial charge in [-0.05, 0) is 68.1 Å². The first-order valence-electron chi connectivity index (χ1n) is 8.12. The molecule has 0 radical (unpaired) electrons. The first-order chi connectivity index (χ1) is 9.79. The van der Waals surface area contributed by atoms with E-state index < -0.39 is 0 Å². The van der Waals surface area contributed by atoms with Crippen molar-refractivity contribution in [3.8, 4) is 0 Å². The molecule has 0 atom stereocenters. The number of hydrogen-bond donors (Lipinski definition) is 0. The third-order valence-electron chi connectivity index (χ3n) is 4.50. The van der Waals surface area contributed by atoms with E-state index in [1.807, 2.05) is 12.1 Å². The minimum absolute atomic E-state index is 0.740. The Labute approximate surface area is 128 Å². The molecular formula is C18H27ClO. The molecule has 1 aliphatic carbocycles. The van der Waals surface area contributed by atoms with Crippen molar-refractivity contribution in [2.24, 2.45) is 5.92 Å². The molecule has 0 N–H and O–H groups in total. The molecule has 0 aromatic heterocycles. The van der Waals surface area contributed by atoms with E-state index in [1.54, 1.807) is 0 Å². The monoisotopic (exact) mass is 294 g/mol. The van der Waals surface area contributed by atoms with Crippen LogP contribution < -0.4 is 0 Å². The highest BCUT2D eigenvalue weighted by atomic mass is 35.5. The van der Waals surface area contributed by atoms with E-state index >= 15 is 0 Å². The van der Waals surface area contributed by atoms with Gasteiger partial charge in [0.05, 0.1) is 0 Å². The molecule has 1 fully saturated rings. The lowest BCUT2D eigenvalue weighted by molar-refractivity contribution is 0.110. The maximum atomic E-state index is 5.95. The van der Waals surface area contributed by atoms with Gasteiger partial charge in [-0.15, -0.1) is 0 Å². The summed E-state index contributed by atoms with van der Waals surface area (Å²) in [6.45, 7) is 4.11. The Morgan fingerprint density at radius 2 is 1.75 bits per heavy atom. The van der Waals surface area contributed by atoms with Gasteiger partial charge in [0.1, 0.15) is 0 Å². The summed E-state index contributed by atoms with van der Waals surface area (Å²) < 4.78 is 5.69. The van der Waals surface area contributed by atoms with Gasteiger partial charge >= 0.3 is 0 Å². The number of benzene rings is 1. The van der Waals surface area contributed by atoms with Crippen molar-refractivity contribution in [3.05, 3.63) is 34.9 Å². The molecule has 1 aromatic carbocycles. The van der Waals surface area contributed by atoms with Gasteiger partial charge < -0.3 is 4.74 Å². The number of ether oxygens (including phenoxy) is 1. The van der Waals surface area contributed by atoms with Gasteiger partial charge in [0.25, 0.3) is 0 Å². The van der Waals surface area contributed by atoms with E-state index in [9.17, 15) is 0 Å². The van der Waals surface area contributed by atoms with Gasteiger partial charge in [0.15, 0.2) is 0 Å². The average molecular weight is 295 g/mol. The first kappa shape index (κ1) is 15.9. The van der Waals surface area contributed by atoms with Gasteiger partial charge in [-0.2, -0.15) is 0 Å². The summed E-state index contributed by atoms with van der Waals surface area (Å²) in [5.74, 6) is 1.62. The summed E-state index contributed by atoms with van der Waals surface area (Å²) in [6.07, 6.45) is 9.02. The van der Waals surface area contributed by atoms with Crippen LogP contribution in [0.15, 0.2) is 24.3 Å². The molecule has 0 bridgehead atoms. The summed E-state index contributed by atoms with van der Waals surface area (Å²) in [6, 6.07) is 8.43. The molecule has 0 spiro atoms. The summed E-state index contributed by atoms with van der Waals surface area (Å²) in [5, 5.41) is 0.840. The van der Waals surface area contributed by atoms with Crippen LogP contribution in [0.3, 0.4) is 0 Å². The topological polar surface area (TPSA) is 9.23 Å². The van der Waals surface area contributed by atoms with Gasteiger partial charge in [-0.25, -0.2) is 0 Å². The van der Waals surface area contributed by atoms with Crippen molar-refractivity contribution < 1.29 is 4.74 Å². The van der Waals surface area contributed by atoms with Crippen molar-refractivity contribution in [2.45, 2.75) is 57.8 Å². The van der Waals surface area contributed by atoms with Crippen molar-refractivity contribution >= 4 is 11.6 Å². The van der Waals surface area contributed by atoms with Crippen LogP contribution in [0.25, 0.3) is 0 Å². The van der Waals surface area contributed by atoms with Crippen LogP contribution >= 0.6 is 11.6 Å². The first-order valence-corrected chi connectivity index (χ1v) is 8.50. The lowest BCUT2D eigenvalue weighted by Gasteiger charge is -2.28. The minimum Gasteiger partial charge on any atom is -0.381 e. The quantitative estimate of drug-likeness (QED) is 0.576. The van der Waals surface area contributed by atoms with Crippen LogP contribution in [0.2, 0.25) is 5.02 Å². The van der Waals surface area contributed by atoms with Crippen molar-refractivity contribution in [3.63, 3.8) is 0 Å². The van der Waals surface area contributed by atoms with Crippen molar-refractivity contribution in [2.75, 3.05) is 13.2 Å². The predicted octanol–water partition coefficient (Wildman–Crippen LogP) is 5.82. The number of unbranched alkanes of at least 4 members (excludes halogenated alkanes) is 1. The molecule has 0 amide bonds. The number of hydrogen-bond acceptors (Lipinski definition) is 1. The standard InChI is InChI=1S/C18H27ClO/c1-2-3-13-20-14-12-15-4-6-16(7-5-15)17-8-10-18(19)11-9-17/h8-11,15-16H,2-7,12-14H2,1H3/t15-,16-. The average Bonchev–Trinajstić information content (AvgIpc) is 2.49. The second kappa shape index (κ2) is 8.69. The van der Waals surface area contributed by atoms with Crippen LogP contribution in [-0.4, -0.2) is 13.2 Å². The Balaban J connectivity index is 1.66. The molecule has 112 valence electrons. The van der Waals surface area contributed by atoms with Crippen LogP contribution in [0.5, 0.6) is 0 Å². The second-order valence-electron chi connectivity index (χ2n) is 6.02. The van der Waals surface area contributed by atoms with E-state index in [1.165, 1.54) is 50.5 Å². The summed E-state index contributed by atoms with van der Waals surface area (Å²) >= 11 is 5.95. The minimum atomic E-state index is 0.740. The summed E-state index contributed by atoms with van der Waals surface area (Å²) in [7, 11) is 0. The van der Waals surface area contributed by atoms with Crippen molar-refractivity contribution in [1.82, 2.24) is 0 Å². The lowest BCUT2D eigenvalue weighted by atomic mass is 9.78. The van der Waals surface area contributed by atoms with E-state index in [0.29, 0.717) is 0 Å². The van der Waals surface area contributed by atoms with E-state index in [4.69, 9.17) is 16.3 Å². The SMILES string of the molecule is CCCCOCC[C@H]1CC[C@H](c2ccc(Cl)cc2)CC1. The highest BCUT2D eigenvalue weighted by Crippen LogP contribution is 2.37. The maximum absolute atomic E-state index is 5.95. The summed E-state index contributed by atoms with van der Waals surface area (Å²) in [5.41, 5.74) is 1.46. The zero-order valence-corrected chi connectivity index (χ0v) is 13.4. The Kier molecular flexibility index (Phi) is 6.89. The molecule has 1 saturated carbocycles. The molecule has 1 nitrogen and oxygen atoms in total. The van der Waals surface area contributed by atoms with E-state index in [0.717, 1.165) is 30.1 Å². The molecular weight excluding hydrogens is 268 g/mol. The molecule has 0 heterocycles. The van der Waals surface area contributed by atoms with E-state index in [-0.39, 0.29) is 0 Å². The molecule has 2 heteroatoms. The zero-order chi connectivity index (χ0) is 14.2. The lowest BCUT2D eigenvalue weighted by Crippen LogP contribution is -2.15. The van der Waals surface area contributed by atoms with Gasteiger partial charge in [-0.1, -0.05) is 37.1 Å². The maximum Gasteiger partial charge on any atom is 0.0468 e. The third-order valence-corrected chi connectivity index (χ3v) is 4.75. The predicted molar refractivity (Wildman–Crippen MR) is 86.5 cm³/mol. The van der Waals surface area contributed by atoms with Crippen LogP contribution in [0.1, 0.15) is 63.4 Å². The third kappa shape index (κ3) is 5.10. The molecule has 2 rings (SSSR count).